The van der Waals surface area contributed by atoms with Gasteiger partial charge in [0.05, 0.1) is 6.04 Å². The first kappa shape index (κ1) is 14.0. The molecule has 20 heavy (non-hydrogen) atoms. The molecule has 106 valence electrons. The van der Waals surface area contributed by atoms with Crippen molar-refractivity contribution < 1.29 is 9.53 Å². The van der Waals surface area contributed by atoms with Gasteiger partial charge in [0.2, 0.25) is 0 Å². The van der Waals surface area contributed by atoms with Crippen LogP contribution < -0.4 is 5.32 Å². The zero-order valence-electron chi connectivity index (χ0n) is 11.5. The lowest BCUT2D eigenvalue weighted by molar-refractivity contribution is 0.132. The number of aromatic nitrogens is 3. The molecule has 0 radical (unpaired) electrons. The molecule has 6 nitrogen and oxygen atoms in total. The molecule has 1 amide bonds. The van der Waals surface area contributed by atoms with Gasteiger partial charge in [0.1, 0.15) is 12.9 Å². The first-order chi connectivity index (χ1) is 9.66. The summed E-state index contributed by atoms with van der Waals surface area (Å²) >= 11 is 0. The monoisotopic (exact) mass is 274 g/mol. The lowest BCUT2D eigenvalue weighted by Gasteiger charge is -2.19. The molecule has 0 bridgehead atoms. The SMILES string of the molecule is CC(C)C(NC(=O)OCc1ccccc1)c1nnc[nH]1. The first-order valence-corrected chi connectivity index (χ1v) is 6.50. The molecular weight excluding hydrogens is 256 g/mol. The summed E-state index contributed by atoms with van der Waals surface area (Å²) in [7, 11) is 0. The second-order valence-corrected chi connectivity index (χ2v) is 4.80. The first-order valence-electron chi connectivity index (χ1n) is 6.50. The zero-order valence-corrected chi connectivity index (χ0v) is 11.5. The number of alkyl carbamates (subject to hydrolysis) is 1. The molecule has 0 aliphatic heterocycles. The third-order valence-corrected chi connectivity index (χ3v) is 2.88. The Morgan fingerprint density at radius 3 is 2.70 bits per heavy atom. The predicted molar refractivity (Wildman–Crippen MR) is 73.7 cm³/mol. The summed E-state index contributed by atoms with van der Waals surface area (Å²) in [4.78, 5) is 14.7. The van der Waals surface area contributed by atoms with Gasteiger partial charge in [0.25, 0.3) is 0 Å². The topological polar surface area (TPSA) is 79.9 Å². The van der Waals surface area contributed by atoms with E-state index < -0.39 is 6.09 Å². The molecule has 2 N–H and O–H groups in total. The van der Waals surface area contributed by atoms with Gasteiger partial charge in [-0.25, -0.2) is 4.79 Å². The van der Waals surface area contributed by atoms with E-state index in [-0.39, 0.29) is 18.6 Å². The standard InChI is InChI=1S/C14H18N4O2/c1-10(2)12(13-15-9-16-18-13)17-14(19)20-8-11-6-4-3-5-7-11/h3-7,9-10,12H,8H2,1-2H3,(H,17,19)(H,15,16,18). The molecule has 0 saturated heterocycles. The largest absolute Gasteiger partial charge is 0.445 e. The van der Waals surface area contributed by atoms with Crippen molar-refractivity contribution in [1.82, 2.24) is 20.5 Å². The van der Waals surface area contributed by atoms with Crippen LogP contribution in [0.3, 0.4) is 0 Å². The van der Waals surface area contributed by atoms with Crippen molar-refractivity contribution in [2.24, 2.45) is 5.92 Å². The normalized spacial score (nSPS) is 12.2. The number of hydrogen-bond acceptors (Lipinski definition) is 4. The van der Waals surface area contributed by atoms with Gasteiger partial charge >= 0.3 is 6.09 Å². The van der Waals surface area contributed by atoms with Gasteiger partial charge in [-0.3, -0.25) is 0 Å². The van der Waals surface area contributed by atoms with Crippen molar-refractivity contribution >= 4 is 6.09 Å². The number of carbonyl (C=O) groups is 1. The second-order valence-electron chi connectivity index (χ2n) is 4.80. The van der Waals surface area contributed by atoms with E-state index >= 15 is 0 Å². The molecule has 0 fully saturated rings. The number of rotatable bonds is 5. The Hall–Kier alpha value is -2.37. The van der Waals surface area contributed by atoms with E-state index in [1.807, 2.05) is 44.2 Å². The van der Waals surface area contributed by atoms with Crippen LogP contribution in [0.15, 0.2) is 36.7 Å². The number of hydrogen-bond donors (Lipinski definition) is 2. The van der Waals surface area contributed by atoms with Crippen LogP contribution >= 0.6 is 0 Å². The molecule has 6 heteroatoms. The molecule has 1 unspecified atom stereocenters. The lowest BCUT2D eigenvalue weighted by atomic mass is 10.0. The quantitative estimate of drug-likeness (QED) is 0.877. The minimum atomic E-state index is -0.469. The van der Waals surface area contributed by atoms with Crippen LogP contribution in [0.25, 0.3) is 0 Å². The molecule has 2 rings (SSSR count). The molecule has 2 aromatic rings. The van der Waals surface area contributed by atoms with E-state index in [1.165, 1.54) is 6.33 Å². The Morgan fingerprint density at radius 1 is 1.35 bits per heavy atom. The van der Waals surface area contributed by atoms with Gasteiger partial charge < -0.3 is 15.0 Å². The smallest absolute Gasteiger partial charge is 0.408 e. The molecule has 0 saturated carbocycles. The minimum absolute atomic E-state index is 0.173. The predicted octanol–water partition coefficient (Wildman–Crippen LogP) is 2.43. The molecule has 0 aliphatic carbocycles. The van der Waals surface area contributed by atoms with E-state index in [0.29, 0.717) is 5.82 Å². The minimum Gasteiger partial charge on any atom is -0.445 e. The summed E-state index contributed by atoms with van der Waals surface area (Å²) < 4.78 is 5.19. The second kappa shape index (κ2) is 6.70. The van der Waals surface area contributed by atoms with Crippen molar-refractivity contribution in [2.45, 2.75) is 26.5 Å². The number of aromatic amines is 1. The van der Waals surface area contributed by atoms with Gasteiger partial charge in [0, 0.05) is 0 Å². The number of amides is 1. The van der Waals surface area contributed by atoms with E-state index in [2.05, 4.69) is 20.5 Å². The van der Waals surface area contributed by atoms with Crippen LogP contribution in [0.1, 0.15) is 31.3 Å². The highest BCUT2D eigenvalue weighted by Crippen LogP contribution is 2.17. The Morgan fingerprint density at radius 2 is 2.10 bits per heavy atom. The maximum atomic E-state index is 11.8. The Kier molecular flexibility index (Phi) is 4.70. The number of ether oxygens (including phenoxy) is 1. The van der Waals surface area contributed by atoms with E-state index in [0.717, 1.165) is 5.56 Å². The maximum Gasteiger partial charge on any atom is 0.408 e. The number of nitrogens with zero attached hydrogens (tertiary/aromatic N) is 2. The van der Waals surface area contributed by atoms with Crippen molar-refractivity contribution in [2.75, 3.05) is 0 Å². The van der Waals surface area contributed by atoms with Gasteiger partial charge in [-0.05, 0) is 11.5 Å². The molecule has 1 aromatic carbocycles. The number of carbonyl (C=O) groups excluding carboxylic acids is 1. The molecule has 1 heterocycles. The summed E-state index contributed by atoms with van der Waals surface area (Å²) in [5, 5.41) is 10.5. The Bertz CT molecular complexity index is 525. The highest BCUT2D eigenvalue weighted by Gasteiger charge is 2.21. The van der Waals surface area contributed by atoms with Gasteiger partial charge in [0.15, 0.2) is 5.82 Å². The van der Waals surface area contributed by atoms with Crippen LogP contribution in [-0.4, -0.2) is 21.3 Å². The molecule has 1 atom stereocenters. The molecule has 0 spiro atoms. The highest BCUT2D eigenvalue weighted by atomic mass is 16.5. The Balaban J connectivity index is 1.89. The van der Waals surface area contributed by atoms with Crippen LogP contribution in [0, 0.1) is 5.92 Å². The van der Waals surface area contributed by atoms with Crippen molar-refractivity contribution in [3.63, 3.8) is 0 Å². The van der Waals surface area contributed by atoms with E-state index in [1.54, 1.807) is 0 Å². The van der Waals surface area contributed by atoms with E-state index in [4.69, 9.17) is 4.74 Å². The van der Waals surface area contributed by atoms with Crippen LogP contribution in [0.4, 0.5) is 4.79 Å². The van der Waals surface area contributed by atoms with Crippen LogP contribution in [0.5, 0.6) is 0 Å². The van der Waals surface area contributed by atoms with Gasteiger partial charge in [-0.1, -0.05) is 44.2 Å². The molecule has 0 aliphatic rings. The zero-order chi connectivity index (χ0) is 14.4. The van der Waals surface area contributed by atoms with Crippen molar-refractivity contribution in [3.05, 3.63) is 48.0 Å². The summed E-state index contributed by atoms with van der Waals surface area (Å²) in [5.74, 6) is 0.795. The fraction of sp³-hybridized carbons (Fsp3) is 0.357. The summed E-state index contributed by atoms with van der Waals surface area (Å²) in [6, 6.07) is 9.29. The lowest BCUT2D eigenvalue weighted by Crippen LogP contribution is -2.32. The maximum absolute atomic E-state index is 11.8. The number of H-pyrrole nitrogens is 1. The molecule has 1 aromatic heterocycles. The Labute approximate surface area is 117 Å². The van der Waals surface area contributed by atoms with Gasteiger partial charge in [-0.2, -0.15) is 0 Å². The van der Waals surface area contributed by atoms with Gasteiger partial charge in [-0.15, -0.1) is 10.2 Å². The highest BCUT2D eigenvalue weighted by molar-refractivity contribution is 5.67. The van der Waals surface area contributed by atoms with E-state index in [9.17, 15) is 4.79 Å². The third kappa shape index (κ3) is 3.81. The summed E-state index contributed by atoms with van der Waals surface area (Å²) in [6.45, 7) is 4.23. The van der Waals surface area contributed by atoms with Crippen molar-refractivity contribution in [1.29, 1.82) is 0 Å². The summed E-state index contributed by atoms with van der Waals surface area (Å²) in [6.07, 6.45) is 1.02. The van der Waals surface area contributed by atoms with Crippen LogP contribution in [0.2, 0.25) is 0 Å². The average molecular weight is 274 g/mol. The fourth-order valence-electron chi connectivity index (χ4n) is 1.81. The molecular formula is C14H18N4O2. The average Bonchev–Trinajstić information content (AvgIpc) is 2.97. The third-order valence-electron chi connectivity index (χ3n) is 2.88. The van der Waals surface area contributed by atoms with Crippen molar-refractivity contribution in [3.8, 4) is 0 Å². The number of benzene rings is 1. The number of nitrogens with one attached hydrogen (secondary N) is 2. The van der Waals surface area contributed by atoms with Crippen LogP contribution in [-0.2, 0) is 11.3 Å². The fourth-order valence-corrected chi connectivity index (χ4v) is 1.81. The summed E-state index contributed by atoms with van der Waals surface area (Å²) in [5.41, 5.74) is 0.948.